The molecule has 0 saturated heterocycles. The van der Waals surface area contributed by atoms with Crippen LogP contribution in [-0.4, -0.2) is 25.0 Å². The largest absolute Gasteiger partial charge is 0.462 e. The minimum absolute atomic E-state index is 0.0998. The second-order valence-corrected chi connectivity index (χ2v) is 5.57. The monoisotopic (exact) mass is 241 g/mol. The van der Waals surface area contributed by atoms with Crippen molar-refractivity contribution in [2.45, 2.75) is 52.5 Å². The molecule has 1 rings (SSSR count). The van der Waals surface area contributed by atoms with Crippen LogP contribution in [0.2, 0.25) is 0 Å². The van der Waals surface area contributed by atoms with E-state index in [1.54, 1.807) is 0 Å². The summed E-state index contributed by atoms with van der Waals surface area (Å²) in [5.41, 5.74) is 0.256. The Labute approximate surface area is 103 Å². The topological polar surface area (TPSA) is 55.4 Å². The van der Waals surface area contributed by atoms with Crippen molar-refractivity contribution in [3.8, 4) is 0 Å². The molecule has 1 aliphatic rings. The molecule has 17 heavy (non-hydrogen) atoms. The minimum Gasteiger partial charge on any atom is -0.462 e. The average molecular weight is 241 g/mol. The van der Waals surface area contributed by atoms with Gasteiger partial charge in [0.25, 0.3) is 0 Å². The number of nitrogens with one attached hydrogen (secondary N) is 1. The minimum atomic E-state index is -0.804. The Morgan fingerprint density at radius 2 is 2.06 bits per heavy atom. The van der Waals surface area contributed by atoms with Gasteiger partial charge in [-0.05, 0) is 30.6 Å². The SMILES string of the molecule is COC(=O)C(=O)NC1CCCC(C)(C(C)C)C1. The zero-order chi connectivity index (χ0) is 13.1. The Morgan fingerprint density at radius 1 is 1.41 bits per heavy atom. The fraction of sp³-hybridized carbons (Fsp3) is 0.846. The zero-order valence-electron chi connectivity index (χ0n) is 11.2. The first kappa shape index (κ1) is 14.0. The molecule has 2 unspecified atom stereocenters. The summed E-state index contributed by atoms with van der Waals surface area (Å²) in [6, 6.07) is 0.0998. The van der Waals surface area contributed by atoms with E-state index in [9.17, 15) is 9.59 Å². The number of carbonyl (C=O) groups is 2. The first-order valence-electron chi connectivity index (χ1n) is 6.28. The van der Waals surface area contributed by atoms with E-state index in [0.717, 1.165) is 19.3 Å². The molecule has 0 aliphatic heterocycles. The van der Waals surface area contributed by atoms with Gasteiger partial charge in [0.1, 0.15) is 0 Å². The van der Waals surface area contributed by atoms with Crippen LogP contribution < -0.4 is 5.32 Å². The summed E-state index contributed by atoms with van der Waals surface area (Å²) >= 11 is 0. The Hall–Kier alpha value is -1.06. The lowest BCUT2D eigenvalue weighted by atomic mass is 9.67. The molecule has 4 heteroatoms. The molecule has 0 aromatic heterocycles. The summed E-state index contributed by atoms with van der Waals surface area (Å²) in [7, 11) is 1.22. The lowest BCUT2D eigenvalue weighted by Gasteiger charge is -2.41. The van der Waals surface area contributed by atoms with Crippen LogP contribution in [-0.2, 0) is 14.3 Å². The quantitative estimate of drug-likeness (QED) is 0.593. The number of carbonyl (C=O) groups excluding carboxylic acids is 2. The van der Waals surface area contributed by atoms with E-state index in [1.807, 2.05) is 0 Å². The third-order valence-corrected chi connectivity index (χ3v) is 4.11. The molecule has 1 amide bonds. The highest BCUT2D eigenvalue weighted by molar-refractivity contribution is 6.32. The molecule has 0 spiro atoms. The molecule has 1 aliphatic carbocycles. The number of hydrogen-bond acceptors (Lipinski definition) is 3. The second kappa shape index (κ2) is 5.52. The van der Waals surface area contributed by atoms with Crippen LogP contribution in [0, 0.1) is 11.3 Å². The van der Waals surface area contributed by atoms with E-state index in [2.05, 4.69) is 30.8 Å². The standard InChI is InChI=1S/C13H23NO3/c1-9(2)13(3)7-5-6-10(8-13)14-11(15)12(16)17-4/h9-10H,5-8H2,1-4H3,(H,14,15). The van der Waals surface area contributed by atoms with Crippen molar-refractivity contribution in [1.29, 1.82) is 0 Å². The maximum absolute atomic E-state index is 11.4. The second-order valence-electron chi connectivity index (χ2n) is 5.57. The maximum atomic E-state index is 11.4. The van der Waals surface area contributed by atoms with Crippen LogP contribution >= 0.6 is 0 Å². The van der Waals surface area contributed by atoms with Gasteiger partial charge in [-0.3, -0.25) is 4.79 Å². The van der Waals surface area contributed by atoms with Crippen LogP contribution in [0.5, 0.6) is 0 Å². The molecule has 1 saturated carbocycles. The predicted octanol–water partition coefficient (Wildman–Crippen LogP) is 1.88. The Morgan fingerprint density at radius 3 is 2.59 bits per heavy atom. The summed E-state index contributed by atoms with van der Waals surface area (Å²) in [4.78, 5) is 22.5. The van der Waals surface area contributed by atoms with Crippen LogP contribution in [0.25, 0.3) is 0 Å². The molecule has 0 heterocycles. The van der Waals surface area contributed by atoms with Gasteiger partial charge in [-0.25, -0.2) is 4.79 Å². The molecule has 0 radical (unpaired) electrons. The van der Waals surface area contributed by atoms with Crippen molar-refractivity contribution in [3.05, 3.63) is 0 Å². The van der Waals surface area contributed by atoms with Gasteiger partial charge >= 0.3 is 11.9 Å². The fourth-order valence-corrected chi connectivity index (χ4v) is 2.50. The van der Waals surface area contributed by atoms with E-state index in [1.165, 1.54) is 13.5 Å². The highest BCUT2D eigenvalue weighted by atomic mass is 16.5. The van der Waals surface area contributed by atoms with E-state index >= 15 is 0 Å². The molecule has 2 atom stereocenters. The lowest BCUT2D eigenvalue weighted by Crippen LogP contribution is -2.45. The van der Waals surface area contributed by atoms with Crippen molar-refractivity contribution in [2.75, 3.05) is 7.11 Å². The molecular weight excluding hydrogens is 218 g/mol. The summed E-state index contributed by atoms with van der Waals surface area (Å²) < 4.78 is 4.40. The van der Waals surface area contributed by atoms with E-state index in [-0.39, 0.29) is 11.5 Å². The first-order chi connectivity index (χ1) is 7.89. The van der Waals surface area contributed by atoms with E-state index in [0.29, 0.717) is 5.92 Å². The molecule has 1 fully saturated rings. The fourth-order valence-electron chi connectivity index (χ4n) is 2.50. The molecule has 4 nitrogen and oxygen atoms in total. The maximum Gasteiger partial charge on any atom is 0.396 e. The number of hydrogen-bond donors (Lipinski definition) is 1. The van der Waals surface area contributed by atoms with Crippen LogP contribution in [0.1, 0.15) is 46.5 Å². The van der Waals surface area contributed by atoms with E-state index < -0.39 is 11.9 Å². The molecule has 1 N–H and O–H groups in total. The molecule has 0 aromatic carbocycles. The van der Waals surface area contributed by atoms with E-state index in [4.69, 9.17) is 0 Å². The van der Waals surface area contributed by atoms with Gasteiger partial charge in [0.2, 0.25) is 0 Å². The summed E-state index contributed by atoms with van der Waals surface area (Å²) in [6.45, 7) is 6.68. The Balaban J connectivity index is 2.56. The molecule has 0 aromatic rings. The average Bonchev–Trinajstić information content (AvgIpc) is 2.27. The third-order valence-electron chi connectivity index (χ3n) is 4.11. The van der Waals surface area contributed by atoms with Crippen molar-refractivity contribution < 1.29 is 14.3 Å². The summed E-state index contributed by atoms with van der Waals surface area (Å²) in [5.74, 6) is -0.840. The van der Waals surface area contributed by atoms with Gasteiger partial charge in [-0.15, -0.1) is 0 Å². The highest BCUT2D eigenvalue weighted by Crippen LogP contribution is 2.41. The summed E-state index contributed by atoms with van der Waals surface area (Å²) in [6.07, 6.45) is 4.18. The number of rotatable bonds is 2. The molecule has 0 bridgehead atoms. The number of amides is 1. The van der Waals surface area contributed by atoms with Crippen molar-refractivity contribution in [1.82, 2.24) is 5.32 Å². The first-order valence-corrected chi connectivity index (χ1v) is 6.28. The zero-order valence-corrected chi connectivity index (χ0v) is 11.2. The van der Waals surface area contributed by atoms with Crippen molar-refractivity contribution >= 4 is 11.9 Å². The smallest absolute Gasteiger partial charge is 0.396 e. The third kappa shape index (κ3) is 3.45. The van der Waals surface area contributed by atoms with Gasteiger partial charge in [0.05, 0.1) is 7.11 Å². The van der Waals surface area contributed by atoms with Gasteiger partial charge in [-0.2, -0.15) is 0 Å². The van der Waals surface area contributed by atoms with Crippen molar-refractivity contribution in [3.63, 3.8) is 0 Å². The molecular formula is C13H23NO3. The van der Waals surface area contributed by atoms with Gasteiger partial charge in [-0.1, -0.05) is 27.2 Å². The molecule has 98 valence electrons. The van der Waals surface area contributed by atoms with Crippen LogP contribution in [0.15, 0.2) is 0 Å². The van der Waals surface area contributed by atoms with Crippen LogP contribution in [0.4, 0.5) is 0 Å². The van der Waals surface area contributed by atoms with Gasteiger partial charge in [0, 0.05) is 6.04 Å². The predicted molar refractivity (Wildman–Crippen MR) is 65.4 cm³/mol. The highest BCUT2D eigenvalue weighted by Gasteiger charge is 2.35. The number of methoxy groups -OCH3 is 1. The normalized spacial score (nSPS) is 28.9. The summed E-state index contributed by atoms with van der Waals surface area (Å²) in [5, 5.41) is 2.77. The van der Waals surface area contributed by atoms with Crippen LogP contribution in [0.3, 0.4) is 0 Å². The van der Waals surface area contributed by atoms with Gasteiger partial charge < -0.3 is 10.1 Å². The van der Waals surface area contributed by atoms with Crippen molar-refractivity contribution in [2.24, 2.45) is 11.3 Å². The Kier molecular flexibility index (Phi) is 4.54. The Bertz CT molecular complexity index is 301. The number of esters is 1. The number of ether oxygens (including phenoxy) is 1. The van der Waals surface area contributed by atoms with Gasteiger partial charge in [0.15, 0.2) is 0 Å². The lowest BCUT2D eigenvalue weighted by molar-refractivity contribution is -0.153.